The Bertz CT molecular complexity index is 588. The number of aromatic nitrogens is 3. The smallest absolute Gasteiger partial charge is 0.163 e. The topological polar surface area (TPSA) is 74.6 Å². The third kappa shape index (κ3) is 2.75. The molecule has 0 aliphatic carbocycles. The van der Waals surface area contributed by atoms with Crippen LogP contribution in [-0.2, 0) is 11.3 Å². The van der Waals surface area contributed by atoms with Gasteiger partial charge in [-0.05, 0) is 30.7 Å². The molecule has 1 N–H and O–H groups in total. The molecule has 0 aliphatic heterocycles. The first-order valence-electron chi connectivity index (χ1n) is 5.43. The Morgan fingerprint density at radius 2 is 2.28 bits per heavy atom. The van der Waals surface area contributed by atoms with E-state index >= 15 is 0 Å². The summed E-state index contributed by atoms with van der Waals surface area (Å²) in [5.41, 5.74) is 2.77. The maximum atomic E-state index is 8.95. The lowest BCUT2D eigenvalue weighted by molar-refractivity contribution is 0.134. The van der Waals surface area contributed by atoms with Crippen LogP contribution in [0.1, 0.15) is 18.2 Å². The summed E-state index contributed by atoms with van der Waals surface area (Å²) in [5, 5.41) is 19.1. The number of nitriles is 1. The average molecular weight is 307 g/mol. The van der Waals surface area contributed by atoms with Gasteiger partial charge in [-0.3, -0.25) is 0 Å². The lowest BCUT2D eigenvalue weighted by Gasteiger charge is -2.05. The van der Waals surface area contributed by atoms with Crippen molar-refractivity contribution in [2.24, 2.45) is 0 Å². The molecule has 6 heteroatoms. The molecule has 0 amide bonds. The molecule has 2 rings (SSSR count). The van der Waals surface area contributed by atoms with Gasteiger partial charge in [0.25, 0.3) is 0 Å². The Labute approximate surface area is 113 Å². The van der Waals surface area contributed by atoms with Crippen LogP contribution in [0.2, 0.25) is 0 Å². The van der Waals surface area contributed by atoms with Gasteiger partial charge in [-0.2, -0.15) is 5.26 Å². The highest BCUT2D eigenvalue weighted by Gasteiger charge is 2.10. The van der Waals surface area contributed by atoms with E-state index in [0.717, 1.165) is 15.6 Å². The number of ether oxygens (including phenoxy) is 1. The normalized spacial score (nSPS) is 10.3. The van der Waals surface area contributed by atoms with E-state index in [1.54, 1.807) is 0 Å². The zero-order valence-corrected chi connectivity index (χ0v) is 11.4. The Morgan fingerprint density at radius 1 is 1.44 bits per heavy atom. The predicted octanol–water partition coefficient (Wildman–Crippen LogP) is 2.64. The van der Waals surface area contributed by atoms with Crippen molar-refractivity contribution >= 4 is 15.9 Å². The molecule has 0 bridgehead atoms. The first-order chi connectivity index (χ1) is 8.74. The SMILES string of the molecule is CCOCc1cc(Br)cc(-c2nn[nH]c2C#N)c1. The molecule has 1 aromatic carbocycles. The molecule has 0 saturated carbocycles. The van der Waals surface area contributed by atoms with E-state index in [4.69, 9.17) is 10.00 Å². The number of halogens is 1. The highest BCUT2D eigenvalue weighted by molar-refractivity contribution is 9.10. The van der Waals surface area contributed by atoms with Gasteiger partial charge in [0.05, 0.1) is 6.61 Å². The van der Waals surface area contributed by atoms with Gasteiger partial charge < -0.3 is 4.74 Å². The third-order valence-corrected chi connectivity index (χ3v) is 2.82. The van der Waals surface area contributed by atoms with E-state index in [0.29, 0.717) is 24.6 Å². The molecule has 0 saturated heterocycles. The summed E-state index contributed by atoms with van der Waals surface area (Å²) in [6.45, 7) is 3.14. The number of nitrogens with one attached hydrogen (secondary N) is 1. The number of nitrogens with zero attached hydrogens (tertiary/aromatic N) is 3. The minimum absolute atomic E-state index is 0.357. The second-order valence-electron chi connectivity index (χ2n) is 3.63. The molecule has 0 unspecified atom stereocenters. The quantitative estimate of drug-likeness (QED) is 0.942. The second kappa shape index (κ2) is 5.76. The molecule has 1 heterocycles. The molecule has 0 fully saturated rings. The van der Waals surface area contributed by atoms with Crippen LogP contribution >= 0.6 is 15.9 Å². The third-order valence-electron chi connectivity index (χ3n) is 2.36. The van der Waals surface area contributed by atoms with Crippen molar-refractivity contribution in [3.8, 4) is 17.3 Å². The Balaban J connectivity index is 2.39. The van der Waals surface area contributed by atoms with Gasteiger partial charge in [0.2, 0.25) is 0 Å². The molecule has 0 radical (unpaired) electrons. The van der Waals surface area contributed by atoms with E-state index in [2.05, 4.69) is 31.3 Å². The first kappa shape index (κ1) is 12.7. The van der Waals surface area contributed by atoms with Crippen molar-refractivity contribution in [1.82, 2.24) is 15.4 Å². The molecular weight excluding hydrogens is 296 g/mol. The van der Waals surface area contributed by atoms with Crippen LogP contribution in [0.25, 0.3) is 11.3 Å². The average Bonchev–Trinajstić information content (AvgIpc) is 2.84. The number of aromatic amines is 1. The standard InChI is InChI=1S/C12H11BrN4O/c1-2-18-7-8-3-9(5-10(13)4-8)12-11(6-14)15-17-16-12/h3-5H,2,7H2,1H3,(H,15,16,17). The molecule has 92 valence electrons. The zero-order valence-electron chi connectivity index (χ0n) is 9.77. The Hall–Kier alpha value is -1.71. The van der Waals surface area contributed by atoms with E-state index in [1.807, 2.05) is 31.2 Å². The van der Waals surface area contributed by atoms with E-state index < -0.39 is 0 Å². The van der Waals surface area contributed by atoms with Crippen LogP contribution < -0.4 is 0 Å². The lowest BCUT2D eigenvalue weighted by Crippen LogP contribution is -1.93. The largest absolute Gasteiger partial charge is 0.377 e. The van der Waals surface area contributed by atoms with E-state index in [9.17, 15) is 0 Å². The number of H-pyrrole nitrogens is 1. The van der Waals surface area contributed by atoms with Gasteiger partial charge in [-0.15, -0.1) is 5.10 Å². The van der Waals surface area contributed by atoms with E-state index in [1.165, 1.54) is 0 Å². The Kier molecular flexibility index (Phi) is 4.07. The number of hydrogen-bond donors (Lipinski definition) is 1. The fraction of sp³-hybridized carbons (Fsp3) is 0.250. The van der Waals surface area contributed by atoms with Gasteiger partial charge in [0, 0.05) is 16.6 Å². The summed E-state index contributed by atoms with van der Waals surface area (Å²) in [6, 6.07) is 7.85. The highest BCUT2D eigenvalue weighted by atomic mass is 79.9. The predicted molar refractivity (Wildman–Crippen MR) is 69.6 cm³/mol. The van der Waals surface area contributed by atoms with Gasteiger partial charge in [-0.25, -0.2) is 5.10 Å². The number of rotatable bonds is 4. The molecular formula is C12H11BrN4O. The van der Waals surface area contributed by atoms with Crippen molar-refractivity contribution in [1.29, 1.82) is 5.26 Å². The molecule has 18 heavy (non-hydrogen) atoms. The molecule has 0 spiro atoms. The fourth-order valence-electron chi connectivity index (χ4n) is 1.60. The van der Waals surface area contributed by atoms with Crippen molar-refractivity contribution in [2.45, 2.75) is 13.5 Å². The van der Waals surface area contributed by atoms with Crippen molar-refractivity contribution in [2.75, 3.05) is 6.61 Å². The Morgan fingerprint density at radius 3 is 3.00 bits per heavy atom. The summed E-state index contributed by atoms with van der Waals surface area (Å²) in [5.74, 6) is 0. The maximum absolute atomic E-state index is 8.95. The fourth-order valence-corrected chi connectivity index (χ4v) is 2.14. The molecule has 1 aromatic heterocycles. The van der Waals surface area contributed by atoms with Crippen LogP contribution in [-0.4, -0.2) is 22.0 Å². The zero-order chi connectivity index (χ0) is 13.0. The van der Waals surface area contributed by atoms with Crippen LogP contribution in [0.3, 0.4) is 0 Å². The molecule has 0 atom stereocenters. The summed E-state index contributed by atoms with van der Waals surface area (Å²) in [4.78, 5) is 0. The number of hydrogen-bond acceptors (Lipinski definition) is 4. The summed E-state index contributed by atoms with van der Waals surface area (Å²) in [6.07, 6.45) is 0. The van der Waals surface area contributed by atoms with Gasteiger partial charge >= 0.3 is 0 Å². The van der Waals surface area contributed by atoms with Crippen LogP contribution in [0.4, 0.5) is 0 Å². The molecule has 5 nitrogen and oxygen atoms in total. The highest BCUT2D eigenvalue weighted by Crippen LogP contribution is 2.25. The lowest BCUT2D eigenvalue weighted by atomic mass is 10.1. The summed E-state index contributed by atoms with van der Waals surface area (Å²) < 4.78 is 6.29. The number of benzene rings is 1. The molecule has 2 aromatic rings. The van der Waals surface area contributed by atoms with E-state index in [-0.39, 0.29) is 0 Å². The van der Waals surface area contributed by atoms with Crippen molar-refractivity contribution in [3.05, 3.63) is 33.9 Å². The van der Waals surface area contributed by atoms with Crippen LogP contribution in [0.5, 0.6) is 0 Å². The van der Waals surface area contributed by atoms with Crippen molar-refractivity contribution in [3.63, 3.8) is 0 Å². The van der Waals surface area contributed by atoms with Gasteiger partial charge in [0.15, 0.2) is 5.69 Å². The second-order valence-corrected chi connectivity index (χ2v) is 4.55. The minimum atomic E-state index is 0.357. The van der Waals surface area contributed by atoms with Gasteiger partial charge in [0.1, 0.15) is 11.8 Å². The monoisotopic (exact) mass is 306 g/mol. The summed E-state index contributed by atoms with van der Waals surface area (Å²) in [7, 11) is 0. The van der Waals surface area contributed by atoms with Gasteiger partial charge in [-0.1, -0.05) is 21.1 Å². The summed E-state index contributed by atoms with van der Waals surface area (Å²) >= 11 is 3.44. The minimum Gasteiger partial charge on any atom is -0.377 e. The van der Waals surface area contributed by atoms with Crippen molar-refractivity contribution < 1.29 is 4.74 Å². The molecule has 0 aliphatic rings. The maximum Gasteiger partial charge on any atom is 0.163 e. The first-order valence-corrected chi connectivity index (χ1v) is 6.22. The van der Waals surface area contributed by atoms with Crippen LogP contribution in [0.15, 0.2) is 22.7 Å². The van der Waals surface area contributed by atoms with Crippen LogP contribution in [0, 0.1) is 11.3 Å².